The number of aliphatic hydroxyl groups is 2. The predicted octanol–water partition coefficient (Wildman–Crippen LogP) is 2.98. The van der Waals surface area contributed by atoms with Gasteiger partial charge in [0.25, 0.3) is 0 Å². The van der Waals surface area contributed by atoms with E-state index in [2.05, 4.69) is 11.8 Å². The lowest BCUT2D eigenvalue weighted by molar-refractivity contribution is -0.0469. The quantitative estimate of drug-likeness (QED) is 0.481. The summed E-state index contributed by atoms with van der Waals surface area (Å²) in [5, 5.41) is 18.1. The number of allylic oxidation sites excluding steroid dienone is 1. The zero-order chi connectivity index (χ0) is 15.8. The van der Waals surface area contributed by atoms with Gasteiger partial charge in [0.05, 0.1) is 5.92 Å². The molecule has 0 saturated carbocycles. The van der Waals surface area contributed by atoms with Gasteiger partial charge in [-0.3, -0.25) is 0 Å². The van der Waals surface area contributed by atoms with Crippen LogP contribution < -0.4 is 4.74 Å². The van der Waals surface area contributed by atoms with Gasteiger partial charge in [0, 0.05) is 18.1 Å². The van der Waals surface area contributed by atoms with Gasteiger partial charge >= 0.3 is 0 Å². The average Bonchev–Trinajstić information content (AvgIpc) is 2.37. The van der Waals surface area contributed by atoms with Crippen LogP contribution in [0.3, 0.4) is 0 Å². The highest BCUT2D eigenvalue weighted by Gasteiger charge is 2.17. The number of benzene rings is 1. The molecule has 1 rings (SSSR count). The Kier molecular flexibility index (Phi) is 6.93. The molecule has 21 heavy (non-hydrogen) atoms. The van der Waals surface area contributed by atoms with Gasteiger partial charge < -0.3 is 14.9 Å². The van der Waals surface area contributed by atoms with E-state index in [0.717, 1.165) is 5.57 Å². The first-order chi connectivity index (χ1) is 9.93. The molecule has 0 saturated heterocycles. The summed E-state index contributed by atoms with van der Waals surface area (Å²) >= 11 is 0. The molecular weight excluding hydrogens is 271 g/mol. The molecule has 0 heterocycles. The standard InChI is InChI=1S/C17H21FO3/c1-4-5-13(10-17(19)20)15-7-6-14(11-16(15)18)21-9-8-12(2)3/h6-8,11,13,17,19-20H,9-10H2,1-3H3/t13-/m0/s1. The highest BCUT2D eigenvalue weighted by atomic mass is 19.1. The monoisotopic (exact) mass is 292 g/mol. The largest absolute Gasteiger partial charge is 0.489 e. The van der Waals surface area contributed by atoms with Crippen LogP contribution >= 0.6 is 0 Å². The number of hydrogen-bond acceptors (Lipinski definition) is 3. The van der Waals surface area contributed by atoms with Crippen LogP contribution in [-0.4, -0.2) is 23.1 Å². The molecule has 0 radical (unpaired) electrons. The molecule has 1 aromatic carbocycles. The smallest absolute Gasteiger partial charge is 0.152 e. The lowest BCUT2D eigenvalue weighted by Gasteiger charge is -2.14. The van der Waals surface area contributed by atoms with Gasteiger partial charge in [-0.25, -0.2) is 4.39 Å². The highest BCUT2D eigenvalue weighted by molar-refractivity contribution is 5.35. The van der Waals surface area contributed by atoms with E-state index in [9.17, 15) is 4.39 Å². The number of aliphatic hydroxyl groups excluding tert-OH is 1. The maximum Gasteiger partial charge on any atom is 0.152 e. The van der Waals surface area contributed by atoms with Gasteiger partial charge in [-0.05, 0) is 32.9 Å². The van der Waals surface area contributed by atoms with Crippen LogP contribution in [0.2, 0.25) is 0 Å². The van der Waals surface area contributed by atoms with Crippen LogP contribution in [0.25, 0.3) is 0 Å². The average molecular weight is 292 g/mol. The minimum Gasteiger partial charge on any atom is -0.489 e. The molecule has 0 spiro atoms. The molecule has 2 N–H and O–H groups in total. The third kappa shape index (κ3) is 5.99. The predicted molar refractivity (Wildman–Crippen MR) is 80.4 cm³/mol. The molecule has 0 amide bonds. The van der Waals surface area contributed by atoms with Crippen molar-refractivity contribution in [1.29, 1.82) is 0 Å². The van der Waals surface area contributed by atoms with Crippen LogP contribution in [0.15, 0.2) is 29.8 Å². The summed E-state index contributed by atoms with van der Waals surface area (Å²) in [7, 11) is 0. The van der Waals surface area contributed by atoms with Crippen LogP contribution in [0.5, 0.6) is 5.75 Å². The van der Waals surface area contributed by atoms with E-state index in [1.165, 1.54) is 6.07 Å². The highest BCUT2D eigenvalue weighted by Crippen LogP contribution is 2.26. The molecule has 114 valence electrons. The number of hydrogen-bond donors (Lipinski definition) is 2. The zero-order valence-electron chi connectivity index (χ0n) is 12.6. The van der Waals surface area contributed by atoms with E-state index in [0.29, 0.717) is 17.9 Å². The van der Waals surface area contributed by atoms with Crippen LogP contribution in [0, 0.1) is 17.7 Å². The first-order valence-electron chi connectivity index (χ1n) is 6.78. The fourth-order valence-corrected chi connectivity index (χ4v) is 1.83. The zero-order valence-corrected chi connectivity index (χ0v) is 12.6. The van der Waals surface area contributed by atoms with E-state index in [1.807, 2.05) is 19.9 Å². The molecule has 3 nitrogen and oxygen atoms in total. The van der Waals surface area contributed by atoms with Crippen molar-refractivity contribution in [2.24, 2.45) is 0 Å². The van der Waals surface area contributed by atoms with E-state index in [-0.39, 0.29) is 6.42 Å². The Hall–Kier alpha value is -1.83. The maximum absolute atomic E-state index is 14.1. The summed E-state index contributed by atoms with van der Waals surface area (Å²) in [5.41, 5.74) is 1.47. The lowest BCUT2D eigenvalue weighted by atomic mass is 9.95. The van der Waals surface area contributed by atoms with Crippen molar-refractivity contribution in [3.8, 4) is 17.6 Å². The van der Waals surface area contributed by atoms with E-state index < -0.39 is 18.0 Å². The Morgan fingerprint density at radius 2 is 2.10 bits per heavy atom. The molecule has 0 fully saturated rings. The third-order valence-electron chi connectivity index (χ3n) is 2.85. The van der Waals surface area contributed by atoms with E-state index in [4.69, 9.17) is 14.9 Å². The topological polar surface area (TPSA) is 49.7 Å². The second-order valence-electron chi connectivity index (χ2n) is 4.94. The van der Waals surface area contributed by atoms with Crippen molar-refractivity contribution in [2.45, 2.75) is 39.4 Å². The molecule has 0 aliphatic rings. The van der Waals surface area contributed by atoms with Gasteiger partial charge in [-0.15, -0.1) is 5.92 Å². The Balaban J connectivity index is 2.88. The first kappa shape index (κ1) is 17.2. The summed E-state index contributed by atoms with van der Waals surface area (Å²) in [6.45, 7) is 5.93. The van der Waals surface area contributed by atoms with Gasteiger partial charge in [0.2, 0.25) is 0 Å². The van der Waals surface area contributed by atoms with Crippen LogP contribution in [-0.2, 0) is 0 Å². The molecule has 0 unspecified atom stereocenters. The van der Waals surface area contributed by atoms with Crippen molar-refractivity contribution in [1.82, 2.24) is 0 Å². The van der Waals surface area contributed by atoms with E-state index >= 15 is 0 Å². The molecule has 0 aliphatic heterocycles. The SMILES string of the molecule is CC#C[C@@H](CC(O)O)c1ccc(OCC=C(C)C)cc1F. The van der Waals surface area contributed by atoms with Crippen molar-refractivity contribution < 1.29 is 19.3 Å². The van der Waals surface area contributed by atoms with Crippen LogP contribution in [0.4, 0.5) is 4.39 Å². The molecule has 0 aliphatic carbocycles. The molecule has 0 aromatic heterocycles. The molecule has 1 atom stereocenters. The number of rotatable bonds is 6. The van der Waals surface area contributed by atoms with Crippen molar-refractivity contribution in [2.75, 3.05) is 6.61 Å². The Morgan fingerprint density at radius 1 is 1.38 bits per heavy atom. The summed E-state index contributed by atoms with van der Waals surface area (Å²) < 4.78 is 19.6. The second-order valence-corrected chi connectivity index (χ2v) is 4.94. The van der Waals surface area contributed by atoms with Crippen molar-refractivity contribution in [3.05, 3.63) is 41.2 Å². The summed E-state index contributed by atoms with van der Waals surface area (Å²) in [5.74, 6) is 4.89. The van der Waals surface area contributed by atoms with Crippen LogP contribution in [0.1, 0.15) is 38.7 Å². The van der Waals surface area contributed by atoms with E-state index in [1.54, 1.807) is 19.1 Å². The fourth-order valence-electron chi connectivity index (χ4n) is 1.83. The minimum atomic E-state index is -1.52. The second kappa shape index (κ2) is 8.46. The summed E-state index contributed by atoms with van der Waals surface area (Å²) in [6, 6.07) is 4.53. The Morgan fingerprint density at radius 3 is 2.62 bits per heavy atom. The minimum absolute atomic E-state index is 0.0320. The van der Waals surface area contributed by atoms with Crippen molar-refractivity contribution >= 4 is 0 Å². The molecule has 1 aromatic rings. The Labute approximate surface area is 125 Å². The third-order valence-corrected chi connectivity index (χ3v) is 2.85. The fraction of sp³-hybridized carbons (Fsp3) is 0.412. The van der Waals surface area contributed by atoms with Gasteiger partial charge in [0.1, 0.15) is 18.2 Å². The van der Waals surface area contributed by atoms with Gasteiger partial charge in [-0.2, -0.15) is 0 Å². The lowest BCUT2D eigenvalue weighted by Crippen LogP contribution is -2.11. The summed E-state index contributed by atoms with van der Waals surface area (Å²) in [6.07, 6.45) is 0.346. The first-order valence-corrected chi connectivity index (χ1v) is 6.78. The molecular formula is C17H21FO3. The van der Waals surface area contributed by atoms with Crippen molar-refractivity contribution in [3.63, 3.8) is 0 Å². The van der Waals surface area contributed by atoms with Gasteiger partial charge in [-0.1, -0.05) is 17.6 Å². The molecule has 0 bridgehead atoms. The number of halogens is 1. The molecule has 4 heteroatoms. The Bertz CT molecular complexity index is 549. The summed E-state index contributed by atoms with van der Waals surface area (Å²) in [4.78, 5) is 0. The van der Waals surface area contributed by atoms with Gasteiger partial charge in [0.15, 0.2) is 6.29 Å². The number of ether oxygens (including phenoxy) is 1. The maximum atomic E-state index is 14.1. The normalized spacial score (nSPS) is 11.6.